The molecule has 4 aromatic carbocycles. The SMILES string of the molecule is CC(C)CN(CC(C)C)C(=O)C(C)(C)NS(=O)(=O)c1ccc2occc2c1.CC(C)CN(CC(C)C)C(=O)CN(Cc1cccnc1)S(=O)(=O)c1ccc2occc2c1.Cc1cc(CN([C@@H](C)C(=O)N(CC(C)C)CC(C)C)S(=O)(=O)c2ccc3occc3c2)n(C)n1.Cc1csc(CN(CC(=O)N(CC(C)C)CC(C)C)S(=O)(=O)c2ccc3occc3c2)n1. The van der Waals surface area contributed by atoms with E-state index in [1.54, 1.807) is 149 Å². The van der Waals surface area contributed by atoms with E-state index in [0.29, 0.717) is 124 Å². The number of pyridine rings is 1. The number of aromatic nitrogens is 4. The number of rotatable bonds is 38. The lowest BCUT2D eigenvalue weighted by molar-refractivity contribution is -0.137. The molecular weight excluding hydrogens is 1690 g/mol. The van der Waals surface area contributed by atoms with Crippen LogP contribution in [0.4, 0.5) is 0 Å². The van der Waals surface area contributed by atoms with E-state index in [1.165, 1.54) is 73.6 Å². The second-order valence-corrected chi connectivity index (χ2v) is 44.2. The lowest BCUT2D eigenvalue weighted by Crippen LogP contribution is -2.56. The molecule has 0 aliphatic carbocycles. The van der Waals surface area contributed by atoms with Crippen molar-refractivity contribution >= 4 is 119 Å². The Morgan fingerprint density at radius 1 is 0.448 bits per heavy atom. The molecule has 11 rings (SSSR count). The number of carbonyl (C=O) groups is 4. The van der Waals surface area contributed by atoms with Crippen LogP contribution in [0, 0.1) is 61.2 Å². The number of nitrogens with one attached hydrogen (secondary N) is 1. The Kier molecular flexibility index (Phi) is 35.8. The van der Waals surface area contributed by atoms with Crippen LogP contribution in [0.3, 0.4) is 0 Å². The van der Waals surface area contributed by atoms with Crippen molar-refractivity contribution in [2.45, 2.75) is 196 Å². The molecule has 1 N–H and O–H groups in total. The maximum absolute atomic E-state index is 13.9. The van der Waals surface area contributed by atoms with Gasteiger partial charge < -0.3 is 37.3 Å². The molecule has 7 heterocycles. The molecule has 0 saturated carbocycles. The van der Waals surface area contributed by atoms with Gasteiger partial charge in [0.2, 0.25) is 63.7 Å². The topological polar surface area (TPSA) is 336 Å². The molecule has 1 atom stereocenters. The standard InChI is InChI=1S/C25H36N4O4S.C24H31N3O4S.C23H31N3O4S2.C20H30N2O4S/c1-17(2)14-28(15-18(3)4)25(30)20(6)29(16-22-12-19(5)26-27(22)7)34(31,32)23-8-9-24-21(13-23)10-11-33-24;1-18(2)14-26(15-19(3)4)24(28)17-27(16-20-6-5-10-25-13-20)32(29,30)22-7-8-23-21(12-22)9-11-31-23;1-16(2)11-25(12-17(3)4)23(27)14-26(13-22-24-18(5)15-31-22)32(28,29)20-6-7-21-19(10-20)8-9-30-21;1-14(2)12-22(13-15(3)4)19(23)20(5,6)21-27(24,25)17-7-8-18-16(11-17)9-10-26-18/h8-13,17-18,20H,14-16H2,1-7H3;5-13,18-19H,14-17H2,1-4H3;6-10,15-17H,11-14H2,1-5H3;7-11,14-15,21H,12-13H2,1-6H3/t20-;;;/m0.../s1. The molecule has 11 aromatic rings. The minimum atomic E-state index is -4.01. The number of benzene rings is 4. The van der Waals surface area contributed by atoms with E-state index < -0.39 is 51.7 Å². The minimum absolute atomic E-state index is 0.0349. The van der Waals surface area contributed by atoms with E-state index in [-0.39, 0.29) is 111 Å². The van der Waals surface area contributed by atoms with Crippen molar-refractivity contribution in [2.75, 3.05) is 65.4 Å². The van der Waals surface area contributed by atoms with E-state index in [1.807, 2.05) is 108 Å². The first-order valence-corrected chi connectivity index (χ1v) is 49.1. The van der Waals surface area contributed by atoms with Crippen LogP contribution in [0.25, 0.3) is 43.9 Å². The van der Waals surface area contributed by atoms with Crippen molar-refractivity contribution in [3.05, 3.63) is 186 Å². The second-order valence-electron chi connectivity index (χ2n) is 35.8. The van der Waals surface area contributed by atoms with Gasteiger partial charge >= 0.3 is 0 Å². The third kappa shape index (κ3) is 28.5. The second kappa shape index (κ2) is 44.3. The molecule has 0 aliphatic rings. The number of fused-ring (bicyclic) bond motifs is 4. The number of hydrogen-bond donors (Lipinski definition) is 1. The highest BCUT2D eigenvalue weighted by Crippen LogP contribution is 2.31. The predicted molar refractivity (Wildman–Crippen MR) is 491 cm³/mol. The van der Waals surface area contributed by atoms with Gasteiger partial charge in [0.25, 0.3) is 0 Å². The Labute approximate surface area is 743 Å². The van der Waals surface area contributed by atoms with Gasteiger partial charge in [-0.05, 0) is 197 Å². The van der Waals surface area contributed by atoms with Crippen molar-refractivity contribution in [1.82, 2.24) is 57.0 Å². The van der Waals surface area contributed by atoms with Crippen molar-refractivity contribution in [1.29, 1.82) is 0 Å². The van der Waals surface area contributed by atoms with Crippen LogP contribution in [-0.2, 0) is 86.0 Å². The normalized spacial score (nSPS) is 12.7. The van der Waals surface area contributed by atoms with Gasteiger partial charge in [0.15, 0.2) is 0 Å². The summed E-state index contributed by atoms with van der Waals surface area (Å²) in [7, 11) is -14.0. The first kappa shape index (κ1) is 101. The van der Waals surface area contributed by atoms with Crippen molar-refractivity contribution in [3.8, 4) is 0 Å². The van der Waals surface area contributed by atoms with Gasteiger partial charge in [-0.25, -0.2) is 38.7 Å². The summed E-state index contributed by atoms with van der Waals surface area (Å²) in [6.45, 7) is 45.7. The average Bonchev–Trinajstić information content (AvgIpc) is 1.77. The number of sulfonamides is 4. The van der Waals surface area contributed by atoms with Gasteiger partial charge in [0.05, 0.1) is 82.2 Å². The van der Waals surface area contributed by atoms with Crippen molar-refractivity contribution < 1.29 is 70.5 Å². The van der Waals surface area contributed by atoms with Crippen LogP contribution < -0.4 is 4.72 Å². The minimum Gasteiger partial charge on any atom is -0.464 e. The molecular formula is C92H128N12O16S5. The number of carbonyl (C=O) groups excluding carboxylic acids is 4. The van der Waals surface area contributed by atoms with Gasteiger partial charge in [0, 0.05) is 111 Å². The van der Waals surface area contributed by atoms with E-state index in [0.717, 1.165) is 11.4 Å². The number of hydrogen-bond acceptors (Lipinski definition) is 20. The first-order chi connectivity index (χ1) is 58.5. The Bertz CT molecular complexity index is 5830. The molecule has 682 valence electrons. The molecule has 0 spiro atoms. The van der Waals surface area contributed by atoms with Crippen LogP contribution in [0.5, 0.6) is 0 Å². The maximum Gasteiger partial charge on any atom is 0.244 e. The van der Waals surface area contributed by atoms with Crippen molar-refractivity contribution in [3.63, 3.8) is 0 Å². The van der Waals surface area contributed by atoms with E-state index in [9.17, 15) is 52.8 Å². The largest absolute Gasteiger partial charge is 0.464 e. The van der Waals surface area contributed by atoms with Crippen LogP contribution >= 0.6 is 11.3 Å². The number of nitrogens with zero attached hydrogens (tertiary/aromatic N) is 11. The van der Waals surface area contributed by atoms with E-state index in [4.69, 9.17) is 17.7 Å². The Hall–Kier alpha value is -9.45. The zero-order valence-electron chi connectivity index (χ0n) is 76.4. The third-order valence-corrected chi connectivity index (χ3v) is 27.8. The molecule has 0 bridgehead atoms. The zero-order valence-corrected chi connectivity index (χ0v) is 80.5. The Morgan fingerprint density at radius 2 is 0.816 bits per heavy atom. The lowest BCUT2D eigenvalue weighted by atomic mass is 10.0. The van der Waals surface area contributed by atoms with Crippen LogP contribution in [0.1, 0.15) is 159 Å². The number of thiazole rings is 1. The fraction of sp³-hybridized carbons (Fsp3) is 0.489. The quantitative estimate of drug-likeness (QED) is 0.0375. The number of aryl methyl sites for hydroxylation is 3. The van der Waals surface area contributed by atoms with Crippen LogP contribution in [0.15, 0.2) is 195 Å². The Morgan fingerprint density at radius 3 is 1.18 bits per heavy atom. The molecule has 28 nitrogen and oxygen atoms in total. The zero-order chi connectivity index (χ0) is 92.4. The lowest BCUT2D eigenvalue weighted by Gasteiger charge is -2.34. The fourth-order valence-corrected chi connectivity index (χ4v) is 21.0. The number of furan rings is 4. The van der Waals surface area contributed by atoms with E-state index in [2.05, 4.69) is 47.5 Å². The van der Waals surface area contributed by atoms with Crippen LogP contribution in [0.2, 0.25) is 0 Å². The van der Waals surface area contributed by atoms with Gasteiger partial charge in [-0.1, -0.05) is 117 Å². The molecule has 33 heteroatoms. The van der Waals surface area contributed by atoms with Crippen molar-refractivity contribution in [2.24, 2.45) is 54.4 Å². The summed E-state index contributed by atoms with van der Waals surface area (Å²) in [4.78, 5) is 69.3. The summed E-state index contributed by atoms with van der Waals surface area (Å²) in [5, 5.41) is 9.67. The smallest absolute Gasteiger partial charge is 0.244 e. The molecule has 0 fully saturated rings. The molecule has 0 saturated heterocycles. The number of amides is 4. The van der Waals surface area contributed by atoms with Gasteiger partial charge in [-0.2, -0.15) is 22.7 Å². The third-order valence-electron chi connectivity index (χ3n) is 19.7. The van der Waals surface area contributed by atoms with Gasteiger partial charge in [-0.3, -0.25) is 28.8 Å². The highest BCUT2D eigenvalue weighted by atomic mass is 32.2. The summed E-state index contributed by atoms with van der Waals surface area (Å²) in [6, 6.07) is 30.3. The first-order valence-electron chi connectivity index (χ1n) is 42.4. The molecule has 4 amide bonds. The summed E-state index contributed by atoms with van der Waals surface area (Å²) in [5.74, 6) is 1.43. The van der Waals surface area contributed by atoms with E-state index >= 15 is 0 Å². The predicted octanol–water partition coefficient (Wildman–Crippen LogP) is 16.5. The summed E-state index contributed by atoms with van der Waals surface area (Å²) in [5.41, 5.74) is 4.23. The molecule has 7 aromatic heterocycles. The molecule has 0 radical (unpaired) electrons. The maximum atomic E-state index is 13.9. The molecule has 0 aliphatic heterocycles. The average molecular weight is 1820 g/mol. The Balaban J connectivity index is 0.000000207. The fourth-order valence-electron chi connectivity index (χ4n) is 14.3. The molecule has 0 unspecified atom stereocenters. The summed E-state index contributed by atoms with van der Waals surface area (Å²) < 4.78 is 137. The van der Waals surface area contributed by atoms with Gasteiger partial charge in [0.1, 0.15) is 38.9 Å². The summed E-state index contributed by atoms with van der Waals surface area (Å²) >= 11 is 1.39. The van der Waals surface area contributed by atoms with Gasteiger partial charge in [-0.15, -0.1) is 11.3 Å². The molecule has 125 heavy (non-hydrogen) atoms. The highest BCUT2D eigenvalue weighted by molar-refractivity contribution is 7.90. The van der Waals surface area contributed by atoms with Crippen LogP contribution in [-0.4, -0.2) is 187 Å². The monoisotopic (exact) mass is 1820 g/mol. The summed E-state index contributed by atoms with van der Waals surface area (Å²) in [6.07, 6.45) is 9.33. The highest BCUT2D eigenvalue weighted by Gasteiger charge is 2.40.